The van der Waals surface area contributed by atoms with E-state index in [2.05, 4.69) is 28.2 Å². The lowest BCUT2D eigenvalue weighted by molar-refractivity contribution is -0.250. The van der Waals surface area contributed by atoms with Crippen molar-refractivity contribution in [3.8, 4) is 0 Å². The first-order chi connectivity index (χ1) is 16.1. The third-order valence-corrected chi connectivity index (χ3v) is 7.79. The van der Waals surface area contributed by atoms with Gasteiger partial charge in [0.15, 0.2) is 0 Å². The van der Waals surface area contributed by atoms with Crippen LogP contribution in [0.5, 0.6) is 0 Å². The van der Waals surface area contributed by atoms with Gasteiger partial charge in [0.2, 0.25) is 5.91 Å². The maximum atomic E-state index is 12.3. The summed E-state index contributed by atoms with van der Waals surface area (Å²) in [5.74, 6) is -1.25. The van der Waals surface area contributed by atoms with Crippen molar-refractivity contribution in [2.45, 2.75) is 38.0 Å². The van der Waals surface area contributed by atoms with Gasteiger partial charge in [-0.25, -0.2) is 13.4 Å². The summed E-state index contributed by atoms with van der Waals surface area (Å²) in [5.41, 5.74) is -0.823. The zero-order valence-corrected chi connectivity index (χ0v) is 20.4. The van der Waals surface area contributed by atoms with Crippen molar-refractivity contribution in [2.24, 2.45) is 0 Å². The monoisotopic (exact) mass is 562 g/mol. The zero-order chi connectivity index (χ0) is 26.4. The van der Waals surface area contributed by atoms with Crippen molar-refractivity contribution in [1.82, 2.24) is 9.55 Å². The Morgan fingerprint density at radius 1 is 1.20 bits per heavy atom. The molecule has 0 spiro atoms. The number of esters is 1. The van der Waals surface area contributed by atoms with Crippen molar-refractivity contribution in [3.63, 3.8) is 0 Å². The molecule has 198 valence electrons. The molecule has 0 bridgehead atoms. The molecule has 0 radical (unpaired) electrons. The van der Waals surface area contributed by atoms with Gasteiger partial charge >= 0.3 is 11.7 Å². The fourth-order valence-corrected chi connectivity index (χ4v) is 5.62. The molecule has 0 aromatic carbocycles. The van der Waals surface area contributed by atoms with Gasteiger partial charge in [-0.15, -0.1) is 0 Å². The lowest BCUT2D eigenvalue weighted by Crippen LogP contribution is -2.29. The molecule has 2 rings (SSSR count). The molecule has 2 heterocycles. The van der Waals surface area contributed by atoms with Gasteiger partial charge in [-0.3, -0.25) is 27.9 Å². The van der Waals surface area contributed by atoms with Crippen LogP contribution in [0.15, 0.2) is 17.1 Å². The Morgan fingerprint density at radius 2 is 1.89 bits per heavy atom. The van der Waals surface area contributed by atoms with Crippen molar-refractivity contribution >= 4 is 41.2 Å². The summed E-state index contributed by atoms with van der Waals surface area (Å²) >= 11 is 0. The highest BCUT2D eigenvalue weighted by molar-refractivity contribution is 7.65. The largest absolute Gasteiger partial charge is 0.756 e. The molecule has 1 aliphatic heterocycles. The first kappa shape index (κ1) is 29.4. The first-order valence-electron chi connectivity index (χ1n) is 9.43. The molecule has 1 aromatic rings. The molecule has 1 fully saturated rings. The molecule has 3 unspecified atom stereocenters. The minimum absolute atomic E-state index is 0.0850. The maximum absolute atomic E-state index is 12.3. The highest BCUT2D eigenvalue weighted by atomic mass is 31.3. The molecule has 1 aliphatic rings. The van der Waals surface area contributed by atoms with Crippen LogP contribution in [0.1, 0.15) is 31.9 Å². The Bertz CT molecular complexity index is 1130. The minimum atomic E-state index is -6.01. The number of phosphoric ester groups is 1. The molecule has 0 saturated carbocycles. The number of carbonyl (C=O) groups is 2. The number of carbonyl (C=O) groups excluding carboxylic acids is 2. The molecule has 0 aliphatic carbocycles. The number of nitrogens with one attached hydrogen (secondary N) is 1. The third kappa shape index (κ3) is 10.4. The SMILES string of the molecule is COC(=O)CCC(=O)Nc1ccn([C@H]2CC[C@@H](COP(=O)([O-])OP(=O)([O-])OP(=O)([O-])O)O2)c(=O)n1. The third-order valence-electron chi connectivity index (χ3n) is 4.10. The van der Waals surface area contributed by atoms with E-state index < -0.39 is 60.0 Å². The van der Waals surface area contributed by atoms with Crippen LogP contribution in [0.4, 0.5) is 5.82 Å². The summed E-state index contributed by atoms with van der Waals surface area (Å²) in [6.45, 7) is -0.762. The fraction of sp³-hybridized carbons (Fsp3) is 0.571. The highest BCUT2D eigenvalue weighted by Gasteiger charge is 2.30. The smallest absolute Gasteiger partial charge is 0.351 e. The second-order valence-electron chi connectivity index (χ2n) is 6.74. The quantitative estimate of drug-likeness (QED) is 0.211. The molecule has 1 saturated heterocycles. The van der Waals surface area contributed by atoms with E-state index in [-0.39, 0.29) is 31.5 Å². The number of methoxy groups -OCH3 is 1. The summed E-state index contributed by atoms with van der Waals surface area (Å²) in [4.78, 5) is 80.3. The molecule has 1 aromatic heterocycles. The number of rotatable bonds is 12. The van der Waals surface area contributed by atoms with E-state index in [0.29, 0.717) is 0 Å². The van der Waals surface area contributed by atoms with Crippen LogP contribution in [0.3, 0.4) is 0 Å². The van der Waals surface area contributed by atoms with Crippen LogP contribution in [0.25, 0.3) is 0 Å². The van der Waals surface area contributed by atoms with E-state index in [1.165, 1.54) is 19.4 Å². The standard InChI is InChI=1S/C14H22N3O15P3/c1-28-13(19)5-3-11(18)15-10-6-7-17(14(20)16-10)12-4-2-9(30-12)8-29-34(24,25)32-35(26,27)31-33(21,22)23/h6-7,9,12H,2-5,8H2,1H3,(H,24,25)(H,26,27)(H2,21,22,23)(H,15,16,18,20)/p-3/t9-,12+/m0/s1. The number of anilines is 1. The summed E-state index contributed by atoms with van der Waals surface area (Å²) in [6, 6.07) is 1.28. The second kappa shape index (κ2) is 12.0. The summed E-state index contributed by atoms with van der Waals surface area (Å²) < 4.78 is 55.1. The Morgan fingerprint density at radius 3 is 2.49 bits per heavy atom. The van der Waals surface area contributed by atoms with Crippen molar-refractivity contribution < 1.29 is 65.5 Å². The molecule has 35 heavy (non-hydrogen) atoms. The van der Waals surface area contributed by atoms with Crippen LogP contribution in [0.2, 0.25) is 0 Å². The van der Waals surface area contributed by atoms with E-state index in [9.17, 15) is 42.8 Å². The van der Waals surface area contributed by atoms with Crippen molar-refractivity contribution in [1.29, 1.82) is 0 Å². The predicted octanol–water partition coefficient (Wildman–Crippen LogP) is -1.74. The van der Waals surface area contributed by atoms with Gasteiger partial charge < -0.3 is 38.9 Å². The predicted molar refractivity (Wildman–Crippen MR) is 105 cm³/mol. The van der Waals surface area contributed by atoms with E-state index in [4.69, 9.17) is 9.63 Å². The zero-order valence-electron chi connectivity index (χ0n) is 17.7. The minimum Gasteiger partial charge on any atom is -0.756 e. The van der Waals surface area contributed by atoms with E-state index in [0.717, 1.165) is 4.57 Å². The molecule has 2 N–H and O–H groups in total. The van der Waals surface area contributed by atoms with Crippen LogP contribution >= 0.6 is 23.5 Å². The summed E-state index contributed by atoms with van der Waals surface area (Å²) in [7, 11) is -16.3. The second-order valence-corrected chi connectivity index (χ2v) is 11.0. The average molecular weight is 562 g/mol. The molecule has 1 amide bonds. The van der Waals surface area contributed by atoms with Gasteiger partial charge in [0.05, 0.1) is 26.2 Å². The molecular weight excluding hydrogens is 543 g/mol. The number of hydrogen-bond acceptors (Lipinski definition) is 15. The number of phosphoric acid groups is 3. The number of amides is 1. The van der Waals surface area contributed by atoms with Crippen LogP contribution in [0, 0.1) is 0 Å². The normalized spacial score (nSPS) is 23.0. The number of hydrogen-bond donors (Lipinski definition) is 2. The fourth-order valence-electron chi connectivity index (χ4n) is 2.70. The Hall–Kier alpha value is -1.81. The Labute approximate surface area is 196 Å². The van der Waals surface area contributed by atoms with Crippen molar-refractivity contribution in [3.05, 3.63) is 22.7 Å². The molecule has 18 nitrogen and oxygen atoms in total. The Balaban J connectivity index is 1.89. The van der Waals surface area contributed by atoms with Crippen LogP contribution in [-0.2, 0) is 45.9 Å². The molecule has 5 atom stereocenters. The van der Waals surface area contributed by atoms with E-state index >= 15 is 0 Å². The van der Waals surface area contributed by atoms with Gasteiger partial charge in [-0.05, 0) is 18.9 Å². The van der Waals surface area contributed by atoms with Gasteiger partial charge in [-0.2, -0.15) is 4.98 Å². The Kier molecular flexibility index (Phi) is 10.0. The van der Waals surface area contributed by atoms with Gasteiger partial charge in [0, 0.05) is 12.6 Å². The van der Waals surface area contributed by atoms with Crippen LogP contribution < -0.4 is 25.7 Å². The highest BCUT2D eigenvalue weighted by Crippen LogP contribution is 2.61. The first-order valence-corrected chi connectivity index (χ1v) is 13.9. The number of ether oxygens (including phenoxy) is 2. The maximum Gasteiger partial charge on any atom is 0.351 e. The van der Waals surface area contributed by atoms with E-state index in [1.807, 2.05) is 0 Å². The summed E-state index contributed by atoms with van der Waals surface area (Å²) in [6.07, 6.45) is -0.622. The number of nitrogens with zero attached hydrogens (tertiary/aromatic N) is 2. The van der Waals surface area contributed by atoms with Gasteiger partial charge in [0.25, 0.3) is 23.5 Å². The lowest BCUT2D eigenvalue weighted by atomic mass is 10.2. The summed E-state index contributed by atoms with van der Waals surface area (Å²) in [5, 5.41) is 2.34. The molecule has 21 heteroatoms. The van der Waals surface area contributed by atoms with Crippen molar-refractivity contribution in [2.75, 3.05) is 19.0 Å². The molecular formula is C14H19N3O15P3-3. The average Bonchev–Trinajstić information content (AvgIpc) is 3.16. The van der Waals surface area contributed by atoms with E-state index in [1.54, 1.807) is 0 Å². The lowest BCUT2D eigenvalue weighted by Gasteiger charge is -2.32. The van der Waals surface area contributed by atoms with Gasteiger partial charge in [-0.1, -0.05) is 0 Å². The topological polar surface area (TPSA) is 268 Å². The van der Waals surface area contributed by atoms with Crippen LogP contribution in [-0.4, -0.2) is 46.1 Å². The number of aromatic nitrogens is 2. The van der Waals surface area contributed by atoms with Gasteiger partial charge in [0.1, 0.15) is 12.0 Å².